The predicted molar refractivity (Wildman–Crippen MR) is 75.1 cm³/mol. The van der Waals surface area contributed by atoms with Crippen molar-refractivity contribution in [2.75, 3.05) is 26.4 Å². The van der Waals surface area contributed by atoms with Crippen LogP contribution in [0.1, 0.15) is 33.6 Å². The highest BCUT2D eigenvalue weighted by Gasteiger charge is 2.70. The molecule has 3 atom stereocenters. The number of fused-ring (bicyclic) bond motifs is 1. The van der Waals surface area contributed by atoms with Crippen LogP contribution in [0.3, 0.4) is 0 Å². The van der Waals surface area contributed by atoms with Gasteiger partial charge in [-0.3, -0.25) is 4.79 Å². The van der Waals surface area contributed by atoms with Crippen LogP contribution in [0.2, 0.25) is 0 Å². The van der Waals surface area contributed by atoms with Gasteiger partial charge in [0.1, 0.15) is 5.54 Å². The Morgan fingerprint density at radius 3 is 2.65 bits per heavy atom. The van der Waals surface area contributed by atoms with E-state index in [9.17, 15) is 4.79 Å². The summed E-state index contributed by atoms with van der Waals surface area (Å²) >= 11 is 0. The molecule has 1 saturated carbocycles. The first-order valence-electron chi connectivity index (χ1n) is 7.58. The third kappa shape index (κ3) is 1.76. The summed E-state index contributed by atoms with van der Waals surface area (Å²) in [5.41, 5.74) is 5.50. The highest BCUT2D eigenvalue weighted by atomic mass is 16.5. The van der Waals surface area contributed by atoms with Crippen LogP contribution < -0.4 is 11.1 Å². The normalized spacial score (nSPS) is 41.0. The van der Waals surface area contributed by atoms with Crippen LogP contribution in [0.4, 0.5) is 0 Å². The average molecular weight is 282 g/mol. The zero-order valence-electron chi connectivity index (χ0n) is 12.7. The topological polar surface area (TPSA) is 73.6 Å². The smallest absolute Gasteiger partial charge is 0.241 e. The molecule has 0 spiro atoms. The number of amides is 1. The van der Waals surface area contributed by atoms with Crippen LogP contribution in [0, 0.1) is 16.7 Å². The minimum Gasteiger partial charge on any atom is -0.380 e. The van der Waals surface area contributed by atoms with Gasteiger partial charge in [-0.25, -0.2) is 0 Å². The van der Waals surface area contributed by atoms with Gasteiger partial charge >= 0.3 is 0 Å². The van der Waals surface area contributed by atoms with E-state index in [1.807, 2.05) is 13.8 Å². The van der Waals surface area contributed by atoms with Crippen molar-refractivity contribution in [2.24, 2.45) is 22.5 Å². The van der Waals surface area contributed by atoms with Crippen LogP contribution >= 0.6 is 0 Å². The van der Waals surface area contributed by atoms with Crippen molar-refractivity contribution in [2.45, 2.75) is 45.3 Å². The number of nitrogens with two attached hydrogens (primary N) is 1. The van der Waals surface area contributed by atoms with Gasteiger partial charge in [-0.05, 0) is 12.8 Å². The molecule has 114 valence electrons. The summed E-state index contributed by atoms with van der Waals surface area (Å²) < 4.78 is 11.1. The molecule has 1 aliphatic carbocycles. The van der Waals surface area contributed by atoms with E-state index in [-0.39, 0.29) is 28.8 Å². The van der Waals surface area contributed by atoms with Crippen LogP contribution in [0.5, 0.6) is 0 Å². The molecule has 0 aromatic heterocycles. The molecule has 5 nitrogen and oxygen atoms in total. The lowest BCUT2D eigenvalue weighted by Gasteiger charge is -2.65. The molecule has 3 rings (SSSR count). The summed E-state index contributed by atoms with van der Waals surface area (Å²) in [6, 6.07) is 0. The molecule has 0 aromatic rings. The Balaban J connectivity index is 1.69. The Bertz CT molecular complexity index is 419. The second-order valence-corrected chi connectivity index (χ2v) is 7.62. The number of ether oxygens (including phenoxy) is 2. The summed E-state index contributed by atoms with van der Waals surface area (Å²) in [6.45, 7) is 9.07. The predicted octanol–water partition coefficient (Wildman–Crippen LogP) is 0.672. The maximum Gasteiger partial charge on any atom is 0.241 e. The molecule has 0 bridgehead atoms. The molecule has 3 aliphatic rings. The van der Waals surface area contributed by atoms with Crippen molar-refractivity contribution in [1.29, 1.82) is 0 Å². The van der Waals surface area contributed by atoms with Gasteiger partial charge in [0, 0.05) is 29.9 Å². The summed E-state index contributed by atoms with van der Waals surface area (Å²) in [6.07, 6.45) is 2.10. The SMILES string of the molecule is CC1(CNC(=O)C2(N)C3CCCOC3C2(C)C)COC1. The van der Waals surface area contributed by atoms with E-state index in [0.717, 1.165) is 19.4 Å². The van der Waals surface area contributed by atoms with Gasteiger partial charge in [0.15, 0.2) is 0 Å². The molecule has 2 heterocycles. The molecule has 0 aromatic carbocycles. The molecular formula is C15H26N2O3. The van der Waals surface area contributed by atoms with Crippen LogP contribution in [-0.2, 0) is 14.3 Å². The third-order valence-electron chi connectivity index (χ3n) is 5.64. The summed E-state index contributed by atoms with van der Waals surface area (Å²) in [5.74, 6) is 0.124. The van der Waals surface area contributed by atoms with Crippen molar-refractivity contribution >= 4 is 5.91 Å². The van der Waals surface area contributed by atoms with Gasteiger partial charge in [0.05, 0.1) is 19.3 Å². The van der Waals surface area contributed by atoms with Gasteiger partial charge in [-0.15, -0.1) is 0 Å². The fourth-order valence-electron chi connectivity index (χ4n) is 4.03. The van der Waals surface area contributed by atoms with E-state index in [1.165, 1.54) is 0 Å². The summed E-state index contributed by atoms with van der Waals surface area (Å²) in [7, 11) is 0. The number of hydrogen-bond acceptors (Lipinski definition) is 4. The minimum absolute atomic E-state index is 0.0256. The van der Waals surface area contributed by atoms with Crippen molar-refractivity contribution in [1.82, 2.24) is 5.32 Å². The molecule has 1 amide bonds. The number of rotatable bonds is 3. The number of carbonyl (C=O) groups excluding carboxylic acids is 1. The van der Waals surface area contributed by atoms with Crippen molar-refractivity contribution < 1.29 is 14.3 Å². The molecule has 5 heteroatoms. The van der Waals surface area contributed by atoms with Crippen molar-refractivity contribution in [3.8, 4) is 0 Å². The first-order valence-corrected chi connectivity index (χ1v) is 7.58. The first kappa shape index (κ1) is 14.3. The fourth-order valence-corrected chi connectivity index (χ4v) is 4.03. The molecule has 20 heavy (non-hydrogen) atoms. The fraction of sp³-hybridized carbons (Fsp3) is 0.933. The number of nitrogens with one attached hydrogen (secondary N) is 1. The van der Waals surface area contributed by atoms with Crippen LogP contribution in [0.15, 0.2) is 0 Å². The van der Waals surface area contributed by atoms with Crippen LogP contribution in [0.25, 0.3) is 0 Å². The summed E-state index contributed by atoms with van der Waals surface area (Å²) in [5, 5.41) is 3.06. The van der Waals surface area contributed by atoms with E-state index in [2.05, 4.69) is 12.2 Å². The number of carbonyl (C=O) groups is 1. The third-order valence-corrected chi connectivity index (χ3v) is 5.64. The Morgan fingerprint density at radius 1 is 1.35 bits per heavy atom. The number of hydrogen-bond donors (Lipinski definition) is 2. The Labute approximate surface area is 120 Å². The Kier molecular flexibility index (Phi) is 3.16. The molecule has 3 fully saturated rings. The molecular weight excluding hydrogens is 256 g/mol. The van der Waals surface area contributed by atoms with Gasteiger partial charge in [-0.2, -0.15) is 0 Å². The van der Waals surface area contributed by atoms with E-state index in [0.29, 0.717) is 19.8 Å². The zero-order valence-corrected chi connectivity index (χ0v) is 12.7. The second-order valence-electron chi connectivity index (χ2n) is 7.62. The maximum atomic E-state index is 12.7. The van der Waals surface area contributed by atoms with Crippen molar-refractivity contribution in [3.63, 3.8) is 0 Å². The standard InChI is InChI=1S/C15H26N2O3/c1-13(2)11-10(5-4-6-20-11)15(13,16)12(18)17-7-14(3)8-19-9-14/h10-11H,4-9,16H2,1-3H3,(H,17,18). The van der Waals surface area contributed by atoms with Crippen molar-refractivity contribution in [3.05, 3.63) is 0 Å². The Hall–Kier alpha value is -0.650. The monoisotopic (exact) mass is 282 g/mol. The lowest BCUT2D eigenvalue weighted by Crippen LogP contribution is -2.82. The van der Waals surface area contributed by atoms with Gasteiger partial charge < -0.3 is 20.5 Å². The lowest BCUT2D eigenvalue weighted by atomic mass is 9.46. The largest absolute Gasteiger partial charge is 0.380 e. The molecule has 0 radical (unpaired) electrons. The minimum atomic E-state index is -0.806. The van der Waals surface area contributed by atoms with E-state index in [4.69, 9.17) is 15.2 Å². The molecule has 3 N–H and O–H groups in total. The van der Waals surface area contributed by atoms with E-state index < -0.39 is 5.54 Å². The maximum absolute atomic E-state index is 12.7. The molecule has 2 aliphatic heterocycles. The zero-order chi connectivity index (χ0) is 14.6. The van der Waals surface area contributed by atoms with E-state index in [1.54, 1.807) is 0 Å². The molecule has 2 saturated heterocycles. The second kappa shape index (κ2) is 4.42. The van der Waals surface area contributed by atoms with Gasteiger partial charge in [0.2, 0.25) is 5.91 Å². The first-order chi connectivity index (χ1) is 9.31. The average Bonchev–Trinajstić information content (AvgIpc) is 2.41. The molecule has 3 unspecified atom stereocenters. The highest BCUT2D eigenvalue weighted by molar-refractivity contribution is 5.89. The van der Waals surface area contributed by atoms with Gasteiger partial charge in [-0.1, -0.05) is 20.8 Å². The van der Waals surface area contributed by atoms with Crippen LogP contribution in [-0.4, -0.2) is 43.9 Å². The van der Waals surface area contributed by atoms with E-state index >= 15 is 0 Å². The van der Waals surface area contributed by atoms with Gasteiger partial charge in [0.25, 0.3) is 0 Å². The highest BCUT2D eigenvalue weighted by Crippen LogP contribution is 2.57. The summed E-state index contributed by atoms with van der Waals surface area (Å²) in [4.78, 5) is 12.7. The lowest BCUT2D eigenvalue weighted by molar-refractivity contribution is -0.225. The quantitative estimate of drug-likeness (QED) is 0.798. The Morgan fingerprint density at radius 2 is 2.05 bits per heavy atom.